The molecule has 0 aliphatic carbocycles. The standard InChI is InChI=1S/C6H13NO5.C3H4O2/c7-3-5(10)4(9)2(1-8)12-6(3)11;1-2-3(4)5/h2-6,8-11H,1,7H2;2H,1H2,(H,4,5)/t2-,3-,4-,5-,6?;/m1./s1. The molecule has 0 aromatic carbocycles. The number of nitrogens with two attached hydrogens (primary N) is 1. The highest BCUT2D eigenvalue weighted by Gasteiger charge is 2.41. The number of rotatable bonds is 2. The van der Waals surface area contributed by atoms with Gasteiger partial charge in [0.2, 0.25) is 0 Å². The average Bonchev–Trinajstić information content (AvgIpc) is 2.31. The summed E-state index contributed by atoms with van der Waals surface area (Å²) in [6.07, 6.45) is -4.02. The van der Waals surface area contributed by atoms with E-state index in [1.54, 1.807) is 0 Å². The van der Waals surface area contributed by atoms with Crippen LogP contribution in [0.2, 0.25) is 0 Å². The Morgan fingerprint density at radius 3 is 2.18 bits per heavy atom. The molecule has 0 radical (unpaired) electrons. The predicted octanol–water partition coefficient (Wildman–Crippen LogP) is -3.00. The zero-order valence-electron chi connectivity index (χ0n) is 9.01. The number of carboxylic acids is 1. The van der Waals surface area contributed by atoms with Crippen molar-refractivity contribution in [3.8, 4) is 0 Å². The van der Waals surface area contributed by atoms with Gasteiger partial charge in [0.15, 0.2) is 6.29 Å². The van der Waals surface area contributed by atoms with Gasteiger partial charge < -0.3 is 36.0 Å². The van der Waals surface area contributed by atoms with Gasteiger partial charge in [0, 0.05) is 6.08 Å². The van der Waals surface area contributed by atoms with Gasteiger partial charge in [-0.15, -0.1) is 0 Å². The van der Waals surface area contributed by atoms with E-state index in [-0.39, 0.29) is 0 Å². The van der Waals surface area contributed by atoms with E-state index in [2.05, 4.69) is 6.58 Å². The number of carbonyl (C=O) groups is 1. The molecule has 7 N–H and O–H groups in total. The normalized spacial score (nSPS) is 36.6. The Bertz CT molecular complexity index is 255. The summed E-state index contributed by atoms with van der Waals surface area (Å²) in [5, 5.41) is 43.7. The molecule has 1 aliphatic heterocycles. The second kappa shape index (κ2) is 7.33. The van der Waals surface area contributed by atoms with Crippen LogP contribution in [0.3, 0.4) is 0 Å². The third-order valence-electron chi connectivity index (χ3n) is 2.12. The molecule has 0 spiro atoms. The fourth-order valence-corrected chi connectivity index (χ4v) is 1.12. The van der Waals surface area contributed by atoms with Crippen LogP contribution < -0.4 is 5.73 Å². The molecule has 1 fully saturated rings. The monoisotopic (exact) mass is 251 g/mol. The Morgan fingerprint density at radius 1 is 1.35 bits per heavy atom. The number of carboxylic acid groups (broad SMARTS) is 1. The van der Waals surface area contributed by atoms with Gasteiger partial charge in [-0.05, 0) is 0 Å². The van der Waals surface area contributed by atoms with E-state index in [4.69, 9.17) is 25.8 Å². The minimum atomic E-state index is -1.35. The Hall–Kier alpha value is -1.03. The van der Waals surface area contributed by atoms with E-state index in [1.165, 1.54) is 0 Å². The summed E-state index contributed by atoms with van der Waals surface area (Å²) >= 11 is 0. The van der Waals surface area contributed by atoms with Crippen molar-refractivity contribution in [1.29, 1.82) is 0 Å². The van der Waals surface area contributed by atoms with Crippen LogP contribution in [0.4, 0.5) is 0 Å². The maximum Gasteiger partial charge on any atom is 0.327 e. The smallest absolute Gasteiger partial charge is 0.327 e. The third kappa shape index (κ3) is 4.77. The lowest BCUT2D eigenvalue weighted by molar-refractivity contribution is -0.248. The highest BCUT2D eigenvalue weighted by atomic mass is 16.6. The van der Waals surface area contributed by atoms with E-state index in [0.717, 1.165) is 6.08 Å². The van der Waals surface area contributed by atoms with Crippen LogP contribution in [-0.4, -0.2) is 68.8 Å². The fourth-order valence-electron chi connectivity index (χ4n) is 1.12. The summed E-state index contributed by atoms with van der Waals surface area (Å²) < 4.78 is 4.70. The molecule has 1 rings (SSSR count). The lowest BCUT2D eigenvalue weighted by Gasteiger charge is -2.38. The zero-order chi connectivity index (χ0) is 13.6. The van der Waals surface area contributed by atoms with Gasteiger partial charge in [-0.2, -0.15) is 0 Å². The van der Waals surface area contributed by atoms with E-state index >= 15 is 0 Å². The van der Waals surface area contributed by atoms with Crippen molar-refractivity contribution in [1.82, 2.24) is 0 Å². The van der Waals surface area contributed by atoms with Crippen molar-refractivity contribution >= 4 is 5.97 Å². The summed E-state index contributed by atoms with van der Waals surface area (Å²) in [6, 6.07) is -1.04. The number of hydrogen-bond acceptors (Lipinski definition) is 7. The van der Waals surface area contributed by atoms with E-state index in [9.17, 15) is 15.0 Å². The van der Waals surface area contributed by atoms with E-state index in [0.29, 0.717) is 0 Å². The molecule has 8 heteroatoms. The molecule has 0 aromatic heterocycles. The molecule has 0 aromatic rings. The van der Waals surface area contributed by atoms with Gasteiger partial charge in [-0.25, -0.2) is 4.79 Å². The minimum Gasteiger partial charge on any atom is -0.478 e. The SMILES string of the molecule is C=CC(=O)O.N[C@H]1C(O)O[C@H](CO)[C@@H](O)[C@@H]1O. The van der Waals surface area contributed by atoms with Gasteiger partial charge >= 0.3 is 5.97 Å². The molecule has 0 bridgehead atoms. The molecule has 100 valence electrons. The quantitative estimate of drug-likeness (QED) is 0.284. The number of aliphatic carboxylic acids is 1. The molecule has 1 aliphatic rings. The summed E-state index contributed by atoms with van der Waals surface area (Å²) in [4.78, 5) is 9.25. The topological polar surface area (TPSA) is 153 Å². The Labute approximate surface area is 97.6 Å². The number of aliphatic hydroxyl groups is 4. The second-order valence-corrected chi connectivity index (χ2v) is 3.35. The summed E-state index contributed by atoms with van der Waals surface area (Å²) in [6.45, 7) is 2.49. The van der Waals surface area contributed by atoms with E-state index in [1.807, 2.05) is 0 Å². The molecule has 1 unspecified atom stereocenters. The summed E-state index contributed by atoms with van der Waals surface area (Å²) in [5.41, 5.74) is 5.26. The molecular formula is C9H17NO7. The third-order valence-corrected chi connectivity index (χ3v) is 2.12. The molecule has 1 saturated heterocycles. The summed E-state index contributed by atoms with van der Waals surface area (Å²) in [5.74, 6) is -0.981. The van der Waals surface area contributed by atoms with Crippen molar-refractivity contribution in [3.05, 3.63) is 12.7 Å². The first-order valence-corrected chi connectivity index (χ1v) is 4.76. The molecule has 17 heavy (non-hydrogen) atoms. The molecular weight excluding hydrogens is 234 g/mol. The maximum absolute atomic E-state index is 9.25. The number of ether oxygens (including phenoxy) is 1. The summed E-state index contributed by atoms with van der Waals surface area (Å²) in [7, 11) is 0. The predicted molar refractivity (Wildman–Crippen MR) is 55.8 cm³/mol. The fraction of sp³-hybridized carbons (Fsp3) is 0.667. The van der Waals surface area contributed by atoms with Crippen molar-refractivity contribution in [2.75, 3.05) is 6.61 Å². The molecule has 1 heterocycles. The Morgan fingerprint density at radius 2 is 1.82 bits per heavy atom. The Balaban J connectivity index is 0.000000437. The van der Waals surface area contributed by atoms with Crippen LogP contribution in [-0.2, 0) is 9.53 Å². The lowest BCUT2D eigenvalue weighted by atomic mass is 9.98. The van der Waals surface area contributed by atoms with Crippen molar-refractivity contribution in [2.45, 2.75) is 30.6 Å². The van der Waals surface area contributed by atoms with Crippen molar-refractivity contribution in [2.24, 2.45) is 5.73 Å². The molecule has 0 amide bonds. The molecule has 0 saturated carbocycles. The second-order valence-electron chi connectivity index (χ2n) is 3.35. The van der Waals surface area contributed by atoms with Gasteiger partial charge in [0.25, 0.3) is 0 Å². The van der Waals surface area contributed by atoms with Crippen LogP contribution in [0.1, 0.15) is 0 Å². The van der Waals surface area contributed by atoms with Crippen LogP contribution in [0, 0.1) is 0 Å². The molecule has 5 atom stereocenters. The van der Waals surface area contributed by atoms with Crippen LogP contribution in [0.5, 0.6) is 0 Å². The van der Waals surface area contributed by atoms with Crippen molar-refractivity contribution in [3.63, 3.8) is 0 Å². The first kappa shape index (κ1) is 16.0. The van der Waals surface area contributed by atoms with Gasteiger partial charge in [-0.1, -0.05) is 6.58 Å². The first-order valence-electron chi connectivity index (χ1n) is 4.76. The minimum absolute atomic E-state index is 0.470. The van der Waals surface area contributed by atoms with Crippen LogP contribution >= 0.6 is 0 Å². The van der Waals surface area contributed by atoms with Gasteiger partial charge in [0.05, 0.1) is 12.6 Å². The number of aliphatic hydroxyl groups excluding tert-OH is 4. The maximum atomic E-state index is 9.25. The van der Waals surface area contributed by atoms with Crippen molar-refractivity contribution < 1.29 is 35.1 Å². The van der Waals surface area contributed by atoms with Crippen LogP contribution in [0.25, 0.3) is 0 Å². The lowest BCUT2D eigenvalue weighted by Crippen LogP contribution is -2.61. The Kier molecular flexibility index (Phi) is 6.88. The molecule has 8 nitrogen and oxygen atoms in total. The van der Waals surface area contributed by atoms with Crippen LogP contribution in [0.15, 0.2) is 12.7 Å². The zero-order valence-corrected chi connectivity index (χ0v) is 9.01. The highest BCUT2D eigenvalue weighted by Crippen LogP contribution is 2.17. The average molecular weight is 251 g/mol. The highest BCUT2D eigenvalue weighted by molar-refractivity contribution is 5.78. The van der Waals surface area contributed by atoms with Gasteiger partial charge in [0.1, 0.15) is 18.3 Å². The number of hydrogen-bond donors (Lipinski definition) is 6. The van der Waals surface area contributed by atoms with Gasteiger partial charge in [-0.3, -0.25) is 0 Å². The first-order chi connectivity index (χ1) is 7.84. The largest absolute Gasteiger partial charge is 0.478 e. The van der Waals surface area contributed by atoms with E-state index < -0.39 is 43.2 Å².